The number of carbonyl (C=O) groups is 2. The second-order valence-corrected chi connectivity index (χ2v) is 10.5. The van der Waals surface area contributed by atoms with Crippen molar-refractivity contribution in [2.45, 2.75) is 31.6 Å². The molecule has 5 rings (SSSR count). The van der Waals surface area contributed by atoms with E-state index in [1.54, 1.807) is 61.7 Å². The molecule has 1 atom stereocenters. The zero-order valence-electron chi connectivity index (χ0n) is 23.3. The van der Waals surface area contributed by atoms with Crippen molar-refractivity contribution in [1.29, 1.82) is 0 Å². The first-order valence-electron chi connectivity index (χ1n) is 13.1. The smallest absolute Gasteiger partial charge is 0.251 e. The van der Waals surface area contributed by atoms with Gasteiger partial charge in [-0.15, -0.1) is 0 Å². The molecule has 1 aliphatic rings. The summed E-state index contributed by atoms with van der Waals surface area (Å²) < 4.78 is 29.9. The van der Waals surface area contributed by atoms with Crippen molar-refractivity contribution in [3.63, 3.8) is 0 Å². The molecule has 1 N–H and O–H groups in total. The third-order valence-corrected chi connectivity index (χ3v) is 7.34. The lowest BCUT2D eigenvalue weighted by Crippen LogP contribution is -2.41. The molecular formula is C31H29FN4O5S. The van der Waals surface area contributed by atoms with Gasteiger partial charge in [0.2, 0.25) is 12.7 Å². The number of aromatic nitrogens is 2. The van der Waals surface area contributed by atoms with Crippen molar-refractivity contribution in [1.82, 2.24) is 14.9 Å². The highest BCUT2D eigenvalue weighted by Gasteiger charge is 2.32. The van der Waals surface area contributed by atoms with E-state index in [1.807, 2.05) is 19.9 Å². The first-order chi connectivity index (χ1) is 20.3. The van der Waals surface area contributed by atoms with Gasteiger partial charge in [-0.1, -0.05) is 36.0 Å². The summed E-state index contributed by atoms with van der Waals surface area (Å²) in [5.74, 6) is 0.514. The molecule has 4 aromatic rings. The Kier molecular flexibility index (Phi) is 8.87. The minimum absolute atomic E-state index is 0.0198. The van der Waals surface area contributed by atoms with E-state index < -0.39 is 17.8 Å². The van der Waals surface area contributed by atoms with E-state index in [9.17, 15) is 14.0 Å². The highest BCUT2D eigenvalue weighted by atomic mass is 32.2. The fraction of sp³-hybridized carbons (Fsp3) is 0.226. The van der Waals surface area contributed by atoms with Gasteiger partial charge in [0.25, 0.3) is 5.91 Å². The standard InChI is InChI=1S/C31H29FN4O5S/c1-19-14-20(2)34-31(33-19)42-17-28(37)36(16-21-4-8-23(32)9-5-21)29(22-6-11-25(39-3)12-7-22)30(38)35-24-10-13-26-27(15-24)41-18-40-26/h4-15,29H,16-18H2,1-3H3,(H,35,38)/t29-/m1/s1. The van der Waals surface area contributed by atoms with E-state index in [0.29, 0.717) is 39.2 Å². The fourth-order valence-electron chi connectivity index (χ4n) is 4.52. The Hall–Kier alpha value is -4.64. The second-order valence-electron chi connectivity index (χ2n) is 9.60. The molecule has 0 fully saturated rings. The molecular weight excluding hydrogens is 559 g/mol. The Morgan fingerprint density at radius 1 is 0.976 bits per heavy atom. The number of thioether (sulfide) groups is 1. The number of hydrogen-bond acceptors (Lipinski definition) is 8. The van der Waals surface area contributed by atoms with Crippen LogP contribution >= 0.6 is 11.8 Å². The van der Waals surface area contributed by atoms with Crippen LogP contribution in [-0.2, 0) is 16.1 Å². The molecule has 0 bridgehead atoms. The molecule has 0 spiro atoms. The van der Waals surface area contributed by atoms with Crippen molar-refractivity contribution in [2.24, 2.45) is 0 Å². The Morgan fingerprint density at radius 2 is 1.67 bits per heavy atom. The number of benzene rings is 3. The molecule has 0 aliphatic carbocycles. The molecule has 42 heavy (non-hydrogen) atoms. The van der Waals surface area contributed by atoms with Crippen LogP contribution in [0.15, 0.2) is 78.0 Å². The van der Waals surface area contributed by atoms with Crippen molar-refractivity contribution in [2.75, 3.05) is 25.0 Å². The number of nitrogens with zero attached hydrogens (tertiary/aromatic N) is 3. The highest BCUT2D eigenvalue weighted by molar-refractivity contribution is 7.99. The summed E-state index contributed by atoms with van der Waals surface area (Å²) in [4.78, 5) is 38.3. The number of aryl methyl sites for hydroxylation is 2. The van der Waals surface area contributed by atoms with Crippen molar-refractivity contribution < 1.29 is 28.2 Å². The van der Waals surface area contributed by atoms with Gasteiger partial charge in [0.05, 0.1) is 12.9 Å². The quantitative estimate of drug-likeness (QED) is 0.192. The lowest BCUT2D eigenvalue weighted by Gasteiger charge is -2.31. The molecule has 0 saturated carbocycles. The van der Waals surface area contributed by atoms with Crippen LogP contribution in [0.1, 0.15) is 28.6 Å². The van der Waals surface area contributed by atoms with E-state index in [1.165, 1.54) is 28.8 Å². The third kappa shape index (κ3) is 6.98. The molecule has 0 radical (unpaired) electrons. The third-order valence-electron chi connectivity index (χ3n) is 6.50. The number of hydrogen-bond donors (Lipinski definition) is 1. The summed E-state index contributed by atoms with van der Waals surface area (Å²) in [6, 6.07) is 18.7. The Bertz CT molecular complexity index is 1560. The molecule has 3 aromatic carbocycles. The monoisotopic (exact) mass is 588 g/mol. The molecule has 1 aromatic heterocycles. The zero-order chi connectivity index (χ0) is 29.6. The zero-order valence-corrected chi connectivity index (χ0v) is 24.1. The molecule has 2 amide bonds. The Morgan fingerprint density at radius 3 is 2.36 bits per heavy atom. The SMILES string of the molecule is COc1ccc([C@H](C(=O)Nc2ccc3c(c2)OCO3)N(Cc2ccc(F)cc2)C(=O)CSc2nc(C)cc(C)n2)cc1. The number of carbonyl (C=O) groups excluding carboxylic acids is 2. The predicted octanol–water partition coefficient (Wildman–Crippen LogP) is 5.47. The Labute approximate surface area is 247 Å². The van der Waals surface area contributed by atoms with Crippen molar-refractivity contribution in [3.8, 4) is 17.2 Å². The van der Waals surface area contributed by atoms with Crippen molar-refractivity contribution >= 4 is 29.3 Å². The van der Waals surface area contributed by atoms with Gasteiger partial charge in [-0.3, -0.25) is 9.59 Å². The van der Waals surface area contributed by atoms with E-state index in [4.69, 9.17) is 14.2 Å². The van der Waals surface area contributed by atoms with Crippen LogP contribution in [0.4, 0.5) is 10.1 Å². The first kappa shape index (κ1) is 28.9. The van der Waals surface area contributed by atoms with E-state index in [2.05, 4.69) is 15.3 Å². The van der Waals surface area contributed by atoms with Gasteiger partial charge in [-0.2, -0.15) is 0 Å². The lowest BCUT2D eigenvalue weighted by atomic mass is 10.0. The number of methoxy groups -OCH3 is 1. The number of nitrogens with one attached hydrogen (secondary N) is 1. The van der Waals surface area contributed by atoms with Crippen LogP contribution in [0.3, 0.4) is 0 Å². The lowest BCUT2D eigenvalue weighted by molar-refractivity contribution is -0.137. The number of amides is 2. The number of fused-ring (bicyclic) bond motifs is 1. The second kappa shape index (κ2) is 12.9. The van der Waals surface area contributed by atoms with E-state index >= 15 is 0 Å². The highest BCUT2D eigenvalue weighted by Crippen LogP contribution is 2.35. The summed E-state index contributed by atoms with van der Waals surface area (Å²) in [6.45, 7) is 3.88. The summed E-state index contributed by atoms with van der Waals surface area (Å²) in [7, 11) is 1.55. The van der Waals surface area contributed by atoms with Gasteiger partial charge in [-0.25, -0.2) is 14.4 Å². The van der Waals surface area contributed by atoms with E-state index in [-0.39, 0.29) is 25.0 Å². The summed E-state index contributed by atoms with van der Waals surface area (Å²) in [5, 5.41) is 3.39. The molecule has 0 unspecified atom stereocenters. The molecule has 216 valence electrons. The van der Waals surface area contributed by atoms with Crippen LogP contribution in [0, 0.1) is 19.7 Å². The summed E-state index contributed by atoms with van der Waals surface area (Å²) in [6.07, 6.45) is 0. The molecule has 0 saturated heterocycles. The van der Waals surface area contributed by atoms with Crippen LogP contribution in [0.25, 0.3) is 0 Å². The van der Waals surface area contributed by atoms with Gasteiger partial charge in [0.1, 0.15) is 17.6 Å². The number of halogens is 1. The van der Waals surface area contributed by atoms with Crippen LogP contribution in [0.2, 0.25) is 0 Å². The van der Waals surface area contributed by atoms with Crippen LogP contribution in [-0.4, -0.2) is 46.3 Å². The maximum absolute atomic E-state index is 14.0. The molecule has 9 nitrogen and oxygen atoms in total. The normalized spacial score (nSPS) is 12.5. The molecule has 2 heterocycles. The minimum Gasteiger partial charge on any atom is -0.497 e. The van der Waals surface area contributed by atoms with Crippen LogP contribution < -0.4 is 19.5 Å². The van der Waals surface area contributed by atoms with E-state index in [0.717, 1.165) is 11.4 Å². The van der Waals surface area contributed by atoms with Crippen molar-refractivity contribution in [3.05, 3.63) is 101 Å². The molecule has 11 heteroatoms. The number of ether oxygens (including phenoxy) is 3. The fourth-order valence-corrected chi connectivity index (χ4v) is 5.36. The van der Waals surface area contributed by atoms with Gasteiger partial charge in [0.15, 0.2) is 16.7 Å². The van der Waals surface area contributed by atoms with Gasteiger partial charge in [0, 0.05) is 29.7 Å². The minimum atomic E-state index is -1.04. The number of anilines is 1. The topological polar surface area (TPSA) is 103 Å². The average molecular weight is 589 g/mol. The van der Waals surface area contributed by atoms with Gasteiger partial charge in [-0.05, 0) is 67.4 Å². The molecule has 1 aliphatic heterocycles. The van der Waals surface area contributed by atoms with Gasteiger partial charge < -0.3 is 24.4 Å². The largest absolute Gasteiger partial charge is 0.497 e. The summed E-state index contributed by atoms with van der Waals surface area (Å²) >= 11 is 1.19. The van der Waals surface area contributed by atoms with Gasteiger partial charge >= 0.3 is 0 Å². The Balaban J connectivity index is 1.49. The number of rotatable bonds is 10. The summed E-state index contributed by atoms with van der Waals surface area (Å²) in [5.41, 5.74) is 3.29. The average Bonchev–Trinajstić information content (AvgIpc) is 3.44. The predicted molar refractivity (Wildman–Crippen MR) is 156 cm³/mol. The maximum atomic E-state index is 14.0. The van der Waals surface area contributed by atoms with Crippen LogP contribution in [0.5, 0.6) is 17.2 Å². The maximum Gasteiger partial charge on any atom is 0.251 e. The first-order valence-corrected chi connectivity index (χ1v) is 14.1.